The van der Waals surface area contributed by atoms with Crippen LogP contribution >= 0.6 is 6.64 Å². The third-order valence-electron chi connectivity index (χ3n) is 3.08. The summed E-state index contributed by atoms with van der Waals surface area (Å²) in [6.07, 6.45) is -0.475. The minimum absolute atomic E-state index is 0.0286. The largest absolute Gasteiger partial charge is 0.376 e. The van der Waals surface area contributed by atoms with Gasteiger partial charge in [0.05, 0.1) is 13.6 Å². The van der Waals surface area contributed by atoms with Gasteiger partial charge in [-0.1, -0.05) is 0 Å². The quantitative estimate of drug-likeness (QED) is 0.385. The SMILES string of the molecule is [2H]C[C@H]1OC([3H])CC1OP(=S)(OCC[N+]#[C-])N(C(C)C)C(C)C. The van der Waals surface area contributed by atoms with Crippen molar-refractivity contribution in [1.82, 2.24) is 4.67 Å². The summed E-state index contributed by atoms with van der Waals surface area (Å²) in [5.74, 6) is 0. The van der Waals surface area contributed by atoms with E-state index >= 15 is 0 Å². The Bertz CT molecular complexity index is 454. The van der Waals surface area contributed by atoms with E-state index in [0.717, 1.165) is 0 Å². The second-order valence-corrected chi connectivity index (χ2v) is 8.72. The lowest BCUT2D eigenvalue weighted by Crippen LogP contribution is -2.37. The van der Waals surface area contributed by atoms with Gasteiger partial charge in [0, 0.05) is 20.0 Å². The van der Waals surface area contributed by atoms with E-state index in [9.17, 15) is 0 Å². The van der Waals surface area contributed by atoms with Crippen molar-refractivity contribution in [3.63, 3.8) is 0 Å². The van der Waals surface area contributed by atoms with Crippen LogP contribution in [-0.2, 0) is 25.6 Å². The molecule has 3 unspecified atom stereocenters. The van der Waals surface area contributed by atoms with Crippen molar-refractivity contribution in [2.75, 3.05) is 19.7 Å². The molecule has 7 heteroatoms. The summed E-state index contributed by atoms with van der Waals surface area (Å²) in [5, 5.41) is 0. The molecule has 1 aliphatic rings. The van der Waals surface area contributed by atoms with E-state index < -0.39 is 25.4 Å². The highest BCUT2D eigenvalue weighted by molar-refractivity contribution is 8.08. The lowest BCUT2D eigenvalue weighted by molar-refractivity contribution is 0.0539. The molecule has 1 fully saturated rings. The molecule has 1 heterocycles. The fraction of sp³-hybridized carbons (Fsp3) is 0.929. The molecule has 1 saturated heterocycles. The number of nitrogens with zero attached hydrogens (tertiary/aromatic N) is 2. The van der Waals surface area contributed by atoms with Crippen LogP contribution in [0.25, 0.3) is 4.85 Å². The minimum atomic E-state index is -2.82. The van der Waals surface area contributed by atoms with Crippen LogP contribution < -0.4 is 0 Å². The van der Waals surface area contributed by atoms with Gasteiger partial charge in [0.15, 0.2) is 0 Å². The van der Waals surface area contributed by atoms with Gasteiger partial charge in [-0.05, 0) is 52.8 Å². The first-order valence-electron chi connectivity index (χ1n) is 8.45. The van der Waals surface area contributed by atoms with E-state index in [4.69, 9.17) is 34.9 Å². The molecule has 0 aromatic heterocycles. The van der Waals surface area contributed by atoms with Crippen LogP contribution in [0, 0.1) is 6.57 Å². The van der Waals surface area contributed by atoms with E-state index in [1.54, 1.807) is 0 Å². The molecule has 0 aliphatic carbocycles. The zero-order valence-electron chi connectivity index (χ0n) is 15.2. The van der Waals surface area contributed by atoms with Crippen molar-refractivity contribution in [3.8, 4) is 0 Å². The molecule has 0 bridgehead atoms. The van der Waals surface area contributed by atoms with Crippen LogP contribution in [0.4, 0.5) is 0 Å². The van der Waals surface area contributed by atoms with Crippen LogP contribution in [-0.4, -0.2) is 48.7 Å². The van der Waals surface area contributed by atoms with Crippen LogP contribution in [0.3, 0.4) is 0 Å². The molecule has 0 radical (unpaired) electrons. The molecular formula is C14H27N2O3PS. The number of hydrogen-bond donors (Lipinski definition) is 0. The summed E-state index contributed by atoms with van der Waals surface area (Å²) in [6, 6.07) is 0.245. The van der Waals surface area contributed by atoms with Crippen LogP contribution in [0.5, 0.6) is 0 Å². The van der Waals surface area contributed by atoms with Crippen LogP contribution in [0.1, 0.15) is 43.8 Å². The van der Waals surface area contributed by atoms with Gasteiger partial charge in [-0.25, -0.2) is 11.2 Å². The highest BCUT2D eigenvalue weighted by atomic mass is 32.5. The summed E-state index contributed by atoms with van der Waals surface area (Å²) >= 11 is 5.78. The Labute approximate surface area is 136 Å². The number of ether oxygens (including phenoxy) is 1. The zero-order valence-corrected chi connectivity index (χ0v) is 14.9. The third-order valence-corrected chi connectivity index (χ3v) is 6.76. The lowest BCUT2D eigenvalue weighted by atomic mass is 10.2. The lowest BCUT2D eigenvalue weighted by Gasteiger charge is -2.40. The normalized spacial score (nSPS) is 30.3. The Kier molecular flexibility index (Phi) is 6.47. The summed E-state index contributed by atoms with van der Waals surface area (Å²) in [6.45, 7) is 12.0. The molecule has 0 N–H and O–H groups in total. The minimum Gasteiger partial charge on any atom is -0.376 e. The van der Waals surface area contributed by atoms with Gasteiger partial charge in [0.25, 0.3) is 6.64 Å². The number of hydrogen-bond acceptors (Lipinski definition) is 4. The molecule has 0 spiro atoms. The zero-order chi connectivity index (χ0) is 17.6. The average molecular weight is 337 g/mol. The Balaban J connectivity index is 2.99. The highest BCUT2D eigenvalue weighted by Gasteiger charge is 2.38. The summed E-state index contributed by atoms with van der Waals surface area (Å²) in [5.41, 5.74) is 0. The third kappa shape index (κ3) is 5.28. The Morgan fingerprint density at radius 2 is 2.24 bits per heavy atom. The molecule has 0 saturated carbocycles. The Morgan fingerprint density at radius 3 is 2.76 bits per heavy atom. The second kappa shape index (κ2) is 8.57. The molecule has 0 aromatic rings. The maximum atomic E-state index is 7.75. The van der Waals surface area contributed by atoms with E-state index in [1.165, 1.54) is 0 Å². The molecule has 0 amide bonds. The maximum Gasteiger partial charge on any atom is 0.265 e. The van der Waals surface area contributed by atoms with Crippen molar-refractivity contribution in [2.24, 2.45) is 0 Å². The Morgan fingerprint density at radius 1 is 1.57 bits per heavy atom. The molecule has 1 rings (SSSR count). The van der Waals surface area contributed by atoms with Gasteiger partial charge in [0.1, 0.15) is 6.61 Å². The average Bonchev–Trinajstić information content (AvgIpc) is 2.77. The molecule has 122 valence electrons. The maximum absolute atomic E-state index is 7.75. The first kappa shape index (κ1) is 15.9. The fourth-order valence-corrected chi connectivity index (χ4v) is 6.31. The number of rotatable bonds is 8. The first-order valence-corrected chi connectivity index (χ1v) is 9.76. The highest BCUT2D eigenvalue weighted by Crippen LogP contribution is 2.56. The second-order valence-electron chi connectivity index (χ2n) is 5.47. The van der Waals surface area contributed by atoms with E-state index in [0.29, 0.717) is 6.42 Å². The predicted octanol–water partition coefficient (Wildman–Crippen LogP) is 3.46. The van der Waals surface area contributed by atoms with Gasteiger partial charge in [0.2, 0.25) is 6.54 Å². The van der Waals surface area contributed by atoms with Crippen LogP contribution in [0.15, 0.2) is 0 Å². The van der Waals surface area contributed by atoms with Gasteiger partial charge in [-0.15, -0.1) is 0 Å². The molecule has 0 aromatic carbocycles. The topological polar surface area (TPSA) is 35.3 Å². The predicted molar refractivity (Wildman–Crippen MR) is 88.7 cm³/mol. The van der Waals surface area contributed by atoms with Crippen molar-refractivity contribution in [3.05, 3.63) is 11.4 Å². The first-order chi connectivity index (χ1) is 10.7. The van der Waals surface area contributed by atoms with Gasteiger partial charge in [-0.2, -0.15) is 0 Å². The fourth-order valence-electron chi connectivity index (χ4n) is 2.31. The van der Waals surface area contributed by atoms with Gasteiger partial charge < -0.3 is 18.6 Å². The standard InChI is InChI=1S/C14H27N2O3PS/c1-11(2)16(12(3)4)20(21,18-10-8-15-6)19-14-7-9-17-13(14)5/h11-14H,7-10H2,1-5H3/t13-,14?,20?/m1/s1/i5D,9T/t9?,13-,14?,20?. The van der Waals surface area contributed by atoms with Crippen molar-refractivity contribution in [1.29, 1.82) is 0 Å². The monoisotopic (exact) mass is 337 g/mol. The van der Waals surface area contributed by atoms with E-state index in [2.05, 4.69) is 4.85 Å². The van der Waals surface area contributed by atoms with Crippen molar-refractivity contribution < 1.29 is 16.5 Å². The van der Waals surface area contributed by atoms with E-state index in [1.807, 2.05) is 32.4 Å². The summed E-state index contributed by atoms with van der Waals surface area (Å²) in [7, 11) is 0. The van der Waals surface area contributed by atoms with Crippen molar-refractivity contribution in [2.45, 2.75) is 65.3 Å². The smallest absolute Gasteiger partial charge is 0.265 e. The summed E-state index contributed by atoms with van der Waals surface area (Å²) < 4.78 is 34.8. The molecule has 1 aliphatic heterocycles. The van der Waals surface area contributed by atoms with Crippen LogP contribution in [0.2, 0.25) is 0 Å². The molecule has 21 heavy (non-hydrogen) atoms. The molecule has 5 nitrogen and oxygen atoms in total. The molecule has 4 atom stereocenters. The molecular weight excluding hydrogens is 307 g/mol. The van der Waals surface area contributed by atoms with E-state index in [-0.39, 0.29) is 32.1 Å². The Hall–Kier alpha value is -0.0200. The van der Waals surface area contributed by atoms with Gasteiger partial charge >= 0.3 is 0 Å². The van der Waals surface area contributed by atoms with Gasteiger partial charge in [-0.3, -0.25) is 0 Å². The summed E-state index contributed by atoms with van der Waals surface area (Å²) in [4.78, 5) is 3.30. The van der Waals surface area contributed by atoms with Crippen molar-refractivity contribution >= 4 is 18.4 Å².